The van der Waals surface area contributed by atoms with Crippen molar-refractivity contribution in [2.45, 2.75) is 50.0 Å². The number of hydrogen-bond acceptors (Lipinski definition) is 3. The molecule has 1 atom stereocenters. The van der Waals surface area contributed by atoms with Gasteiger partial charge in [-0.3, -0.25) is 9.52 Å². The topological polar surface area (TPSA) is 75.3 Å². The summed E-state index contributed by atoms with van der Waals surface area (Å²) in [6, 6.07) is 13.8. The van der Waals surface area contributed by atoms with Crippen molar-refractivity contribution in [3.63, 3.8) is 0 Å². The molecule has 0 aromatic heterocycles. The van der Waals surface area contributed by atoms with Gasteiger partial charge >= 0.3 is 0 Å². The van der Waals surface area contributed by atoms with Crippen LogP contribution in [-0.2, 0) is 10.0 Å². The van der Waals surface area contributed by atoms with Gasteiger partial charge in [-0.1, -0.05) is 38.1 Å². The van der Waals surface area contributed by atoms with E-state index >= 15 is 0 Å². The molecule has 0 radical (unpaired) electrons. The second kappa shape index (κ2) is 7.50. The van der Waals surface area contributed by atoms with Gasteiger partial charge in [0.25, 0.3) is 15.9 Å². The Balaban J connectivity index is 1.82. The summed E-state index contributed by atoms with van der Waals surface area (Å²) < 4.78 is 28.0. The van der Waals surface area contributed by atoms with E-state index in [0.717, 1.165) is 24.8 Å². The summed E-state index contributed by atoms with van der Waals surface area (Å²) in [7, 11) is -3.76. The fraction of sp³-hybridized carbons (Fsp3) is 0.350. The first-order valence-electron chi connectivity index (χ1n) is 8.93. The van der Waals surface area contributed by atoms with Gasteiger partial charge in [-0.05, 0) is 55.0 Å². The second-order valence-corrected chi connectivity index (χ2v) is 8.46. The van der Waals surface area contributed by atoms with Gasteiger partial charge < -0.3 is 5.32 Å². The lowest BCUT2D eigenvalue weighted by atomic mass is 9.99. The molecule has 2 N–H and O–H groups in total. The summed E-state index contributed by atoms with van der Waals surface area (Å²) in [6.07, 6.45) is 2.94. The number of sulfonamides is 1. The Labute approximate surface area is 154 Å². The molecule has 6 heteroatoms. The zero-order chi connectivity index (χ0) is 18.7. The number of para-hydroxylation sites is 1. The number of carbonyl (C=O) groups is 1. The van der Waals surface area contributed by atoms with Crippen LogP contribution in [0, 0.1) is 0 Å². The van der Waals surface area contributed by atoms with Gasteiger partial charge in [-0.25, -0.2) is 8.42 Å². The van der Waals surface area contributed by atoms with Crippen LogP contribution in [-0.4, -0.2) is 20.4 Å². The van der Waals surface area contributed by atoms with E-state index in [-0.39, 0.29) is 22.5 Å². The van der Waals surface area contributed by atoms with Gasteiger partial charge in [-0.15, -0.1) is 0 Å². The number of nitrogens with one attached hydrogen (secondary N) is 2. The van der Waals surface area contributed by atoms with Crippen molar-refractivity contribution in [2.75, 3.05) is 4.72 Å². The van der Waals surface area contributed by atoms with Gasteiger partial charge in [0.05, 0.1) is 16.1 Å². The minimum atomic E-state index is -3.76. The van der Waals surface area contributed by atoms with E-state index in [0.29, 0.717) is 11.5 Å². The molecule has 0 aliphatic heterocycles. The van der Waals surface area contributed by atoms with E-state index < -0.39 is 10.0 Å². The third-order valence-electron chi connectivity index (χ3n) is 4.70. The van der Waals surface area contributed by atoms with Crippen molar-refractivity contribution in [1.82, 2.24) is 5.32 Å². The molecule has 5 nitrogen and oxygen atoms in total. The number of hydrogen-bond donors (Lipinski definition) is 2. The van der Waals surface area contributed by atoms with Crippen LogP contribution < -0.4 is 10.0 Å². The van der Waals surface area contributed by atoms with Crippen molar-refractivity contribution in [3.8, 4) is 0 Å². The highest BCUT2D eigenvalue weighted by atomic mass is 32.2. The van der Waals surface area contributed by atoms with E-state index in [4.69, 9.17) is 0 Å². The van der Waals surface area contributed by atoms with Crippen LogP contribution in [0.25, 0.3) is 0 Å². The predicted octanol–water partition coefficient (Wildman–Crippen LogP) is 3.89. The Bertz CT molecular complexity index is 888. The highest BCUT2D eigenvalue weighted by Gasteiger charge is 2.25. The molecule has 1 fully saturated rings. The molecule has 1 saturated carbocycles. The van der Waals surface area contributed by atoms with Crippen LogP contribution in [0.1, 0.15) is 54.9 Å². The molecule has 1 aliphatic carbocycles. The Morgan fingerprint density at radius 2 is 1.77 bits per heavy atom. The second-order valence-electron chi connectivity index (χ2n) is 6.78. The number of carbonyl (C=O) groups excluding carboxylic acids is 1. The molecule has 1 aliphatic rings. The molecule has 2 aromatic carbocycles. The van der Waals surface area contributed by atoms with E-state index in [9.17, 15) is 13.2 Å². The molecular weight excluding hydrogens is 348 g/mol. The largest absolute Gasteiger partial charge is 0.349 e. The molecule has 0 saturated heterocycles. The normalized spacial score (nSPS) is 15.3. The fourth-order valence-electron chi connectivity index (χ4n) is 2.68. The summed E-state index contributed by atoms with van der Waals surface area (Å²) in [5, 5.41) is 2.89. The molecule has 1 amide bonds. The van der Waals surface area contributed by atoms with Gasteiger partial charge in [0.15, 0.2) is 0 Å². The molecule has 2 aromatic rings. The van der Waals surface area contributed by atoms with Crippen LogP contribution in [0.3, 0.4) is 0 Å². The zero-order valence-corrected chi connectivity index (χ0v) is 15.8. The highest BCUT2D eigenvalue weighted by molar-refractivity contribution is 7.92. The number of benzene rings is 2. The lowest BCUT2D eigenvalue weighted by molar-refractivity contribution is 0.0952. The molecule has 1 unspecified atom stereocenters. The van der Waals surface area contributed by atoms with Crippen molar-refractivity contribution in [2.24, 2.45) is 0 Å². The number of rotatable bonds is 7. The van der Waals surface area contributed by atoms with E-state index in [1.165, 1.54) is 0 Å². The summed E-state index contributed by atoms with van der Waals surface area (Å²) in [6.45, 7) is 4.21. The quantitative estimate of drug-likeness (QED) is 0.774. The zero-order valence-electron chi connectivity index (χ0n) is 15.0. The SMILES string of the molecule is CCC(C)c1ccc(S(=O)(=O)Nc2ccccc2C(=O)NC2CC2)cc1. The minimum absolute atomic E-state index is 0.182. The van der Waals surface area contributed by atoms with Crippen LogP contribution in [0.2, 0.25) is 0 Å². The Morgan fingerprint density at radius 3 is 2.38 bits per heavy atom. The van der Waals surface area contributed by atoms with Crippen molar-refractivity contribution in [1.29, 1.82) is 0 Å². The third-order valence-corrected chi connectivity index (χ3v) is 6.08. The molecule has 0 heterocycles. The summed E-state index contributed by atoms with van der Waals surface area (Å²) in [4.78, 5) is 12.5. The molecule has 0 spiro atoms. The highest BCUT2D eigenvalue weighted by Crippen LogP contribution is 2.25. The van der Waals surface area contributed by atoms with E-state index in [1.54, 1.807) is 36.4 Å². The van der Waals surface area contributed by atoms with Gasteiger partial charge in [0.1, 0.15) is 0 Å². The summed E-state index contributed by atoms with van der Waals surface area (Å²) in [5.74, 6) is 0.129. The maximum atomic E-state index is 12.7. The number of anilines is 1. The standard InChI is InChI=1S/C20H24N2O3S/c1-3-14(2)15-8-12-17(13-9-15)26(24,25)22-19-7-5-4-6-18(19)20(23)21-16-10-11-16/h4-9,12-14,16,22H,3,10-11H2,1-2H3,(H,21,23). The van der Waals surface area contributed by atoms with E-state index in [2.05, 4.69) is 23.9 Å². The first-order valence-corrected chi connectivity index (χ1v) is 10.4. The number of amides is 1. The Morgan fingerprint density at radius 1 is 1.12 bits per heavy atom. The molecular formula is C20H24N2O3S. The van der Waals surface area contributed by atoms with Gasteiger partial charge in [0, 0.05) is 6.04 Å². The Hall–Kier alpha value is -2.34. The predicted molar refractivity (Wildman–Crippen MR) is 103 cm³/mol. The first kappa shape index (κ1) is 18.5. The van der Waals surface area contributed by atoms with Crippen molar-refractivity contribution < 1.29 is 13.2 Å². The van der Waals surface area contributed by atoms with E-state index in [1.807, 2.05) is 12.1 Å². The summed E-state index contributed by atoms with van der Waals surface area (Å²) in [5.41, 5.74) is 1.73. The van der Waals surface area contributed by atoms with Crippen LogP contribution in [0.15, 0.2) is 53.4 Å². The monoisotopic (exact) mass is 372 g/mol. The maximum Gasteiger partial charge on any atom is 0.261 e. The van der Waals surface area contributed by atoms with Crippen LogP contribution in [0.4, 0.5) is 5.69 Å². The van der Waals surface area contributed by atoms with Crippen molar-refractivity contribution in [3.05, 3.63) is 59.7 Å². The molecule has 0 bridgehead atoms. The van der Waals surface area contributed by atoms with Crippen molar-refractivity contribution >= 4 is 21.6 Å². The average Bonchev–Trinajstić information content (AvgIpc) is 3.45. The third kappa shape index (κ3) is 4.25. The van der Waals surface area contributed by atoms with Gasteiger partial charge in [-0.2, -0.15) is 0 Å². The van der Waals surface area contributed by atoms with Crippen LogP contribution in [0.5, 0.6) is 0 Å². The van der Waals surface area contributed by atoms with Crippen LogP contribution >= 0.6 is 0 Å². The molecule has 26 heavy (non-hydrogen) atoms. The average molecular weight is 372 g/mol. The lowest BCUT2D eigenvalue weighted by Crippen LogP contribution is -2.27. The Kier molecular flexibility index (Phi) is 5.32. The molecule has 3 rings (SSSR count). The smallest absolute Gasteiger partial charge is 0.261 e. The first-order chi connectivity index (χ1) is 12.4. The lowest BCUT2D eigenvalue weighted by Gasteiger charge is -2.14. The fourth-order valence-corrected chi connectivity index (χ4v) is 3.76. The van der Waals surface area contributed by atoms with Gasteiger partial charge in [0.2, 0.25) is 0 Å². The minimum Gasteiger partial charge on any atom is -0.349 e. The molecule has 138 valence electrons. The maximum absolute atomic E-state index is 12.7. The summed E-state index contributed by atoms with van der Waals surface area (Å²) >= 11 is 0.